The SMILES string of the molecule is Cc1[nH]c2cccc(C=O)c2c1Br. The molecule has 1 aromatic heterocycles. The highest BCUT2D eigenvalue weighted by molar-refractivity contribution is 9.10. The molecular weight excluding hydrogens is 230 g/mol. The van der Waals surface area contributed by atoms with Crippen LogP contribution in [0.4, 0.5) is 0 Å². The Hall–Kier alpha value is -1.09. The monoisotopic (exact) mass is 237 g/mol. The second-order valence-corrected chi connectivity index (χ2v) is 3.74. The molecule has 0 spiro atoms. The lowest BCUT2D eigenvalue weighted by Gasteiger charge is -1.93. The van der Waals surface area contributed by atoms with Crippen LogP contribution in [0.3, 0.4) is 0 Å². The van der Waals surface area contributed by atoms with Crippen molar-refractivity contribution in [3.63, 3.8) is 0 Å². The van der Waals surface area contributed by atoms with Crippen molar-refractivity contribution in [1.82, 2.24) is 4.98 Å². The van der Waals surface area contributed by atoms with E-state index < -0.39 is 0 Å². The number of benzene rings is 1. The second-order valence-electron chi connectivity index (χ2n) is 2.95. The number of nitrogens with one attached hydrogen (secondary N) is 1. The molecule has 0 aliphatic carbocycles. The first-order valence-electron chi connectivity index (χ1n) is 3.96. The molecule has 0 saturated heterocycles. The van der Waals surface area contributed by atoms with Gasteiger partial charge in [0.2, 0.25) is 0 Å². The van der Waals surface area contributed by atoms with E-state index in [1.807, 2.05) is 25.1 Å². The Bertz CT molecular complexity index is 473. The van der Waals surface area contributed by atoms with E-state index in [9.17, 15) is 4.79 Å². The fraction of sp³-hybridized carbons (Fsp3) is 0.100. The van der Waals surface area contributed by atoms with E-state index in [1.165, 1.54) is 0 Å². The molecule has 0 radical (unpaired) electrons. The Labute approximate surface area is 84.1 Å². The Morgan fingerprint density at radius 2 is 2.23 bits per heavy atom. The van der Waals surface area contributed by atoms with Crippen LogP contribution >= 0.6 is 15.9 Å². The van der Waals surface area contributed by atoms with E-state index in [-0.39, 0.29) is 0 Å². The van der Waals surface area contributed by atoms with E-state index in [4.69, 9.17) is 0 Å². The topological polar surface area (TPSA) is 32.9 Å². The third-order valence-electron chi connectivity index (χ3n) is 2.09. The number of rotatable bonds is 1. The number of hydrogen-bond acceptors (Lipinski definition) is 1. The van der Waals surface area contributed by atoms with Crippen molar-refractivity contribution in [1.29, 1.82) is 0 Å². The highest BCUT2D eigenvalue weighted by Gasteiger charge is 2.08. The average molecular weight is 238 g/mol. The molecule has 13 heavy (non-hydrogen) atoms. The molecule has 3 heteroatoms. The Morgan fingerprint density at radius 1 is 1.46 bits per heavy atom. The predicted molar refractivity (Wildman–Crippen MR) is 56.1 cm³/mol. The Balaban J connectivity index is 2.94. The van der Waals surface area contributed by atoms with E-state index in [0.717, 1.165) is 27.4 Å². The summed E-state index contributed by atoms with van der Waals surface area (Å²) >= 11 is 3.45. The van der Waals surface area contributed by atoms with Gasteiger partial charge in [-0.3, -0.25) is 4.79 Å². The van der Waals surface area contributed by atoms with Gasteiger partial charge in [0.15, 0.2) is 6.29 Å². The van der Waals surface area contributed by atoms with Gasteiger partial charge in [-0.2, -0.15) is 0 Å². The lowest BCUT2D eigenvalue weighted by Crippen LogP contribution is -1.79. The number of aromatic amines is 1. The summed E-state index contributed by atoms with van der Waals surface area (Å²) in [7, 11) is 0. The third-order valence-corrected chi connectivity index (χ3v) is 3.09. The van der Waals surface area contributed by atoms with Crippen molar-refractivity contribution in [2.24, 2.45) is 0 Å². The summed E-state index contributed by atoms with van der Waals surface area (Å²) < 4.78 is 0.977. The molecule has 2 nitrogen and oxygen atoms in total. The van der Waals surface area contributed by atoms with E-state index >= 15 is 0 Å². The first-order valence-corrected chi connectivity index (χ1v) is 4.75. The first-order chi connectivity index (χ1) is 6.24. The van der Waals surface area contributed by atoms with Gasteiger partial charge in [-0.25, -0.2) is 0 Å². The van der Waals surface area contributed by atoms with Crippen LogP contribution in [0.2, 0.25) is 0 Å². The Morgan fingerprint density at radius 3 is 2.92 bits per heavy atom. The molecule has 0 amide bonds. The predicted octanol–water partition coefficient (Wildman–Crippen LogP) is 3.05. The number of halogens is 1. The summed E-state index contributed by atoms with van der Waals surface area (Å²) in [4.78, 5) is 13.9. The number of aryl methyl sites for hydroxylation is 1. The van der Waals surface area contributed by atoms with Gasteiger partial charge in [0, 0.05) is 26.6 Å². The van der Waals surface area contributed by atoms with Crippen molar-refractivity contribution < 1.29 is 4.79 Å². The summed E-state index contributed by atoms with van der Waals surface area (Å²) in [6, 6.07) is 5.64. The van der Waals surface area contributed by atoms with Crippen molar-refractivity contribution in [3.8, 4) is 0 Å². The lowest BCUT2D eigenvalue weighted by molar-refractivity contribution is 0.112. The lowest BCUT2D eigenvalue weighted by atomic mass is 10.1. The molecule has 1 N–H and O–H groups in total. The second kappa shape index (κ2) is 3.00. The van der Waals surface area contributed by atoms with E-state index in [1.54, 1.807) is 0 Å². The molecule has 1 aromatic carbocycles. The molecule has 2 aromatic rings. The molecule has 2 rings (SSSR count). The van der Waals surface area contributed by atoms with Gasteiger partial charge in [-0.15, -0.1) is 0 Å². The van der Waals surface area contributed by atoms with Gasteiger partial charge in [0.05, 0.1) is 0 Å². The van der Waals surface area contributed by atoms with Crippen LogP contribution in [-0.4, -0.2) is 11.3 Å². The van der Waals surface area contributed by atoms with Crippen LogP contribution in [0.1, 0.15) is 16.1 Å². The van der Waals surface area contributed by atoms with Gasteiger partial charge in [-0.05, 0) is 28.9 Å². The zero-order chi connectivity index (χ0) is 9.42. The van der Waals surface area contributed by atoms with E-state index in [2.05, 4.69) is 20.9 Å². The minimum Gasteiger partial charge on any atom is -0.358 e. The number of aromatic nitrogens is 1. The number of carbonyl (C=O) groups excluding carboxylic acids is 1. The zero-order valence-corrected chi connectivity index (χ0v) is 8.68. The summed E-state index contributed by atoms with van der Waals surface area (Å²) in [5.74, 6) is 0. The maximum atomic E-state index is 10.7. The minimum atomic E-state index is 0.716. The van der Waals surface area contributed by atoms with Gasteiger partial charge in [0.1, 0.15) is 0 Å². The van der Waals surface area contributed by atoms with Crippen molar-refractivity contribution in [2.75, 3.05) is 0 Å². The van der Waals surface area contributed by atoms with Crippen LogP contribution in [-0.2, 0) is 0 Å². The smallest absolute Gasteiger partial charge is 0.150 e. The fourth-order valence-corrected chi connectivity index (χ4v) is 2.00. The van der Waals surface area contributed by atoms with Crippen molar-refractivity contribution >= 4 is 33.1 Å². The van der Waals surface area contributed by atoms with E-state index in [0.29, 0.717) is 5.56 Å². The highest BCUT2D eigenvalue weighted by atomic mass is 79.9. The van der Waals surface area contributed by atoms with Crippen LogP contribution in [0.15, 0.2) is 22.7 Å². The number of hydrogen-bond donors (Lipinski definition) is 1. The fourth-order valence-electron chi connectivity index (χ4n) is 1.46. The van der Waals surface area contributed by atoms with Crippen molar-refractivity contribution in [2.45, 2.75) is 6.92 Å². The maximum absolute atomic E-state index is 10.7. The maximum Gasteiger partial charge on any atom is 0.150 e. The molecule has 66 valence electrons. The summed E-state index contributed by atoms with van der Waals surface area (Å²) in [6.07, 6.45) is 0.875. The standard InChI is InChI=1S/C10H8BrNO/c1-6-10(11)9-7(5-13)3-2-4-8(9)12-6/h2-5,12H,1H3. The normalized spacial score (nSPS) is 10.6. The number of aldehydes is 1. The zero-order valence-electron chi connectivity index (χ0n) is 7.10. The highest BCUT2D eigenvalue weighted by Crippen LogP contribution is 2.29. The number of fused-ring (bicyclic) bond motifs is 1. The third kappa shape index (κ3) is 1.20. The largest absolute Gasteiger partial charge is 0.358 e. The summed E-state index contributed by atoms with van der Waals surface area (Å²) in [5.41, 5.74) is 2.76. The van der Waals surface area contributed by atoms with Crippen LogP contribution in [0, 0.1) is 6.92 Å². The first kappa shape index (κ1) is 8.51. The Kier molecular flexibility index (Phi) is 1.96. The number of H-pyrrole nitrogens is 1. The van der Waals surface area contributed by atoms with Gasteiger partial charge in [0.25, 0.3) is 0 Å². The summed E-state index contributed by atoms with van der Waals surface area (Å²) in [5, 5.41) is 0.968. The van der Waals surface area contributed by atoms with Gasteiger partial charge >= 0.3 is 0 Å². The molecule has 0 aliphatic rings. The molecule has 1 heterocycles. The average Bonchev–Trinajstić information content (AvgIpc) is 2.43. The summed E-state index contributed by atoms with van der Waals surface area (Å²) in [6.45, 7) is 1.97. The molecule has 0 bridgehead atoms. The van der Waals surface area contributed by atoms with Gasteiger partial charge in [-0.1, -0.05) is 12.1 Å². The molecule has 0 unspecified atom stereocenters. The molecule has 0 aliphatic heterocycles. The molecule has 0 fully saturated rings. The number of carbonyl (C=O) groups is 1. The molecule has 0 atom stereocenters. The minimum absolute atomic E-state index is 0.716. The van der Waals surface area contributed by atoms with Crippen molar-refractivity contribution in [3.05, 3.63) is 33.9 Å². The van der Waals surface area contributed by atoms with Gasteiger partial charge < -0.3 is 4.98 Å². The van der Waals surface area contributed by atoms with Crippen LogP contribution in [0.5, 0.6) is 0 Å². The molecular formula is C10H8BrNO. The quantitative estimate of drug-likeness (QED) is 0.761. The van der Waals surface area contributed by atoms with Crippen LogP contribution in [0.25, 0.3) is 10.9 Å². The molecule has 0 saturated carbocycles. The van der Waals surface area contributed by atoms with Crippen LogP contribution < -0.4 is 0 Å².